The average Bonchev–Trinajstić information content (AvgIpc) is 2.51. The van der Waals surface area contributed by atoms with Crippen LogP contribution in [0.5, 0.6) is 0 Å². The minimum Gasteiger partial charge on any atom is -0.324 e. The van der Waals surface area contributed by atoms with E-state index >= 15 is 0 Å². The highest BCUT2D eigenvalue weighted by Gasteiger charge is 2.26. The number of urea groups is 1. The second-order valence-corrected chi connectivity index (χ2v) is 3.43. The Balaban J connectivity index is 1.86. The SMILES string of the molecule is CC1CN(C(=O)Nc2cn[nH]c2)C1. The standard InChI is InChI=1S/C8H12N4O/c1-6-4-12(5-6)8(13)11-7-2-9-10-3-7/h2-3,6H,4-5H2,1H3,(H,9,10)(H,11,13). The van der Waals surface area contributed by atoms with Gasteiger partial charge in [-0.25, -0.2) is 4.79 Å². The summed E-state index contributed by atoms with van der Waals surface area (Å²) in [5.74, 6) is 0.634. The number of H-pyrrole nitrogens is 1. The van der Waals surface area contributed by atoms with Crippen molar-refractivity contribution in [1.29, 1.82) is 0 Å². The van der Waals surface area contributed by atoms with Crippen molar-refractivity contribution in [2.24, 2.45) is 5.92 Å². The van der Waals surface area contributed by atoms with E-state index in [0.29, 0.717) is 11.6 Å². The van der Waals surface area contributed by atoms with Crippen molar-refractivity contribution in [3.63, 3.8) is 0 Å². The molecule has 1 aliphatic rings. The predicted octanol–water partition coefficient (Wildman–Crippen LogP) is 0.893. The summed E-state index contributed by atoms with van der Waals surface area (Å²) in [4.78, 5) is 13.2. The highest BCUT2D eigenvalue weighted by atomic mass is 16.2. The summed E-state index contributed by atoms with van der Waals surface area (Å²) >= 11 is 0. The van der Waals surface area contributed by atoms with Gasteiger partial charge in [0.2, 0.25) is 0 Å². The lowest BCUT2D eigenvalue weighted by molar-refractivity contribution is 0.141. The lowest BCUT2D eigenvalue weighted by Gasteiger charge is -2.36. The smallest absolute Gasteiger partial charge is 0.321 e. The number of aromatic nitrogens is 2. The first-order valence-electron chi connectivity index (χ1n) is 4.30. The van der Waals surface area contributed by atoms with Gasteiger partial charge in [-0.05, 0) is 5.92 Å². The number of carbonyl (C=O) groups excluding carboxylic acids is 1. The molecule has 0 aromatic carbocycles. The van der Waals surface area contributed by atoms with E-state index in [1.807, 2.05) is 0 Å². The van der Waals surface area contributed by atoms with E-state index < -0.39 is 0 Å². The van der Waals surface area contributed by atoms with Crippen LogP contribution in [0, 0.1) is 5.92 Å². The van der Waals surface area contributed by atoms with Crippen LogP contribution < -0.4 is 5.32 Å². The van der Waals surface area contributed by atoms with Crippen LogP contribution in [-0.2, 0) is 0 Å². The minimum atomic E-state index is -0.0421. The number of hydrogen-bond acceptors (Lipinski definition) is 2. The zero-order chi connectivity index (χ0) is 9.26. The molecule has 1 fully saturated rings. The van der Waals surface area contributed by atoms with E-state index in [0.717, 1.165) is 13.1 Å². The van der Waals surface area contributed by atoms with Gasteiger partial charge >= 0.3 is 6.03 Å². The molecule has 0 atom stereocenters. The molecular formula is C8H12N4O. The first kappa shape index (κ1) is 8.10. The quantitative estimate of drug-likeness (QED) is 0.674. The zero-order valence-corrected chi connectivity index (χ0v) is 7.45. The molecule has 0 saturated carbocycles. The summed E-state index contributed by atoms with van der Waals surface area (Å²) < 4.78 is 0. The monoisotopic (exact) mass is 180 g/mol. The van der Waals surface area contributed by atoms with Crippen molar-refractivity contribution in [1.82, 2.24) is 15.1 Å². The first-order chi connectivity index (χ1) is 6.25. The lowest BCUT2D eigenvalue weighted by Crippen LogP contribution is -2.50. The highest BCUT2D eigenvalue weighted by molar-refractivity contribution is 5.89. The largest absolute Gasteiger partial charge is 0.324 e. The van der Waals surface area contributed by atoms with E-state index in [4.69, 9.17) is 0 Å². The van der Waals surface area contributed by atoms with Gasteiger partial charge in [-0.2, -0.15) is 5.10 Å². The molecule has 0 unspecified atom stereocenters. The van der Waals surface area contributed by atoms with Crippen molar-refractivity contribution in [3.05, 3.63) is 12.4 Å². The molecule has 2 N–H and O–H groups in total. The van der Waals surface area contributed by atoms with Crippen LogP contribution in [0.1, 0.15) is 6.92 Å². The summed E-state index contributed by atoms with van der Waals surface area (Å²) in [6.45, 7) is 3.83. The van der Waals surface area contributed by atoms with Crippen molar-refractivity contribution in [2.45, 2.75) is 6.92 Å². The van der Waals surface area contributed by atoms with E-state index in [2.05, 4.69) is 22.4 Å². The zero-order valence-electron chi connectivity index (χ0n) is 7.45. The molecule has 5 nitrogen and oxygen atoms in total. The number of hydrogen-bond donors (Lipinski definition) is 2. The molecule has 1 saturated heterocycles. The minimum absolute atomic E-state index is 0.0421. The van der Waals surface area contributed by atoms with Crippen LogP contribution in [0.15, 0.2) is 12.4 Å². The molecule has 1 aliphatic heterocycles. The number of nitrogens with one attached hydrogen (secondary N) is 2. The van der Waals surface area contributed by atoms with Crippen LogP contribution >= 0.6 is 0 Å². The van der Waals surface area contributed by atoms with E-state index in [9.17, 15) is 4.79 Å². The summed E-state index contributed by atoms with van der Waals surface area (Å²) in [6, 6.07) is -0.0421. The third kappa shape index (κ3) is 1.63. The third-order valence-corrected chi connectivity index (χ3v) is 2.10. The van der Waals surface area contributed by atoms with Gasteiger partial charge in [0.05, 0.1) is 11.9 Å². The fourth-order valence-corrected chi connectivity index (χ4v) is 1.39. The second-order valence-electron chi connectivity index (χ2n) is 3.43. The van der Waals surface area contributed by atoms with Gasteiger partial charge in [-0.1, -0.05) is 6.92 Å². The van der Waals surface area contributed by atoms with Gasteiger partial charge in [0, 0.05) is 19.3 Å². The van der Waals surface area contributed by atoms with Gasteiger partial charge < -0.3 is 10.2 Å². The molecule has 2 heterocycles. The molecule has 1 aromatic rings. The Hall–Kier alpha value is -1.52. The van der Waals surface area contributed by atoms with Gasteiger partial charge in [-0.3, -0.25) is 5.10 Å². The van der Waals surface area contributed by atoms with Gasteiger partial charge in [0.25, 0.3) is 0 Å². The van der Waals surface area contributed by atoms with Crippen LogP contribution in [0.2, 0.25) is 0 Å². The van der Waals surface area contributed by atoms with E-state index in [1.165, 1.54) is 0 Å². The number of nitrogens with zero attached hydrogens (tertiary/aromatic N) is 2. The van der Waals surface area contributed by atoms with Crippen molar-refractivity contribution < 1.29 is 4.79 Å². The van der Waals surface area contributed by atoms with Gasteiger partial charge in [-0.15, -0.1) is 0 Å². The molecule has 2 amide bonds. The number of carbonyl (C=O) groups is 1. The molecule has 0 radical (unpaired) electrons. The molecule has 0 spiro atoms. The molecule has 2 rings (SSSR count). The number of anilines is 1. The molecule has 5 heteroatoms. The topological polar surface area (TPSA) is 61.0 Å². The second kappa shape index (κ2) is 3.08. The summed E-state index contributed by atoms with van der Waals surface area (Å²) in [5, 5.41) is 9.11. The van der Waals surface area contributed by atoms with E-state index in [-0.39, 0.29) is 6.03 Å². The van der Waals surface area contributed by atoms with Crippen molar-refractivity contribution >= 4 is 11.7 Å². The van der Waals surface area contributed by atoms with Crippen LogP contribution in [0.4, 0.5) is 10.5 Å². The Morgan fingerprint density at radius 1 is 1.77 bits per heavy atom. The van der Waals surface area contributed by atoms with Crippen LogP contribution in [0.3, 0.4) is 0 Å². The third-order valence-electron chi connectivity index (χ3n) is 2.10. The normalized spacial score (nSPS) is 16.8. The number of likely N-dealkylation sites (tertiary alicyclic amines) is 1. The van der Waals surface area contributed by atoms with Gasteiger partial charge in [0.1, 0.15) is 0 Å². The number of rotatable bonds is 1. The number of amides is 2. The lowest BCUT2D eigenvalue weighted by atomic mass is 10.0. The maximum Gasteiger partial charge on any atom is 0.321 e. The first-order valence-corrected chi connectivity index (χ1v) is 4.30. The predicted molar refractivity (Wildman–Crippen MR) is 48.3 cm³/mol. The van der Waals surface area contributed by atoms with Gasteiger partial charge in [0.15, 0.2) is 0 Å². The highest BCUT2D eigenvalue weighted by Crippen LogP contribution is 2.15. The molecular weight excluding hydrogens is 168 g/mol. The Morgan fingerprint density at radius 2 is 2.54 bits per heavy atom. The molecule has 0 aliphatic carbocycles. The summed E-state index contributed by atoms with van der Waals surface area (Å²) in [5.41, 5.74) is 0.713. The van der Waals surface area contributed by atoms with Crippen LogP contribution in [-0.4, -0.2) is 34.2 Å². The average molecular weight is 180 g/mol. The Kier molecular flexibility index (Phi) is 1.92. The molecule has 13 heavy (non-hydrogen) atoms. The Morgan fingerprint density at radius 3 is 3.08 bits per heavy atom. The molecule has 70 valence electrons. The maximum atomic E-state index is 11.4. The van der Waals surface area contributed by atoms with Crippen LogP contribution in [0.25, 0.3) is 0 Å². The summed E-state index contributed by atoms with van der Waals surface area (Å²) in [7, 11) is 0. The fourth-order valence-electron chi connectivity index (χ4n) is 1.39. The number of aromatic amines is 1. The summed E-state index contributed by atoms with van der Waals surface area (Å²) in [6.07, 6.45) is 3.24. The fraction of sp³-hybridized carbons (Fsp3) is 0.500. The molecule has 0 bridgehead atoms. The maximum absolute atomic E-state index is 11.4. The Bertz CT molecular complexity index is 289. The van der Waals surface area contributed by atoms with Crippen molar-refractivity contribution in [2.75, 3.05) is 18.4 Å². The van der Waals surface area contributed by atoms with E-state index in [1.54, 1.807) is 17.3 Å². The van der Waals surface area contributed by atoms with Crippen molar-refractivity contribution in [3.8, 4) is 0 Å². The Labute approximate surface area is 76.1 Å². The molecule has 1 aromatic heterocycles.